The highest BCUT2D eigenvalue weighted by atomic mass is 35.5. The quantitative estimate of drug-likeness (QED) is 0.326. The van der Waals surface area contributed by atoms with E-state index in [1.807, 2.05) is 12.1 Å². The second kappa shape index (κ2) is 11.3. The van der Waals surface area contributed by atoms with Crippen molar-refractivity contribution in [3.05, 3.63) is 76.3 Å². The Hall–Kier alpha value is -2.90. The first-order valence-electron chi connectivity index (χ1n) is 14.2. The number of hydrogen-bond acceptors (Lipinski definition) is 5. The Bertz CT molecular complexity index is 1300. The van der Waals surface area contributed by atoms with E-state index in [1.54, 1.807) is 0 Å². The molecule has 6 rings (SSSR count). The highest BCUT2D eigenvalue weighted by Crippen LogP contribution is 2.41. The molecule has 2 fully saturated rings. The summed E-state index contributed by atoms with van der Waals surface area (Å²) in [5.74, 6) is 3.12. The lowest BCUT2D eigenvalue weighted by Crippen LogP contribution is -2.41. The van der Waals surface area contributed by atoms with Gasteiger partial charge in [0.25, 0.3) is 0 Å². The predicted molar refractivity (Wildman–Crippen MR) is 165 cm³/mol. The topological polar surface area (TPSA) is 56.3 Å². The fraction of sp³-hybridized carbons (Fsp3) is 0.452. The lowest BCUT2D eigenvalue weighted by Gasteiger charge is -2.33. The van der Waals surface area contributed by atoms with Crippen LogP contribution in [0.2, 0.25) is 5.02 Å². The van der Waals surface area contributed by atoms with Gasteiger partial charge in [-0.25, -0.2) is 0 Å². The van der Waals surface area contributed by atoms with Crippen molar-refractivity contribution in [1.29, 1.82) is 0 Å². The number of hydrogen-bond donors (Lipinski definition) is 2. The van der Waals surface area contributed by atoms with Gasteiger partial charge in [0.15, 0.2) is 5.11 Å². The average molecular weight is 561 g/mol. The van der Waals surface area contributed by atoms with Gasteiger partial charge in [0.05, 0.1) is 0 Å². The minimum atomic E-state index is 0.0649. The molecule has 0 radical (unpaired) electrons. The molecule has 0 spiro atoms. The van der Waals surface area contributed by atoms with Crippen molar-refractivity contribution in [2.24, 2.45) is 5.92 Å². The number of piperidine rings is 1. The number of fused-ring (bicyclic) bond motifs is 1. The largest absolute Gasteiger partial charge is 0.361 e. The second-order valence-corrected chi connectivity index (χ2v) is 12.4. The van der Waals surface area contributed by atoms with Crippen LogP contribution >= 0.6 is 23.8 Å². The van der Waals surface area contributed by atoms with Gasteiger partial charge in [0.2, 0.25) is 5.95 Å². The summed E-state index contributed by atoms with van der Waals surface area (Å²) in [5, 5.41) is 8.20. The molecule has 39 heavy (non-hydrogen) atoms. The Balaban J connectivity index is 1.21. The molecule has 2 aromatic carbocycles. The van der Waals surface area contributed by atoms with Gasteiger partial charge in [-0.1, -0.05) is 67.8 Å². The van der Waals surface area contributed by atoms with Crippen LogP contribution in [-0.4, -0.2) is 34.7 Å². The molecule has 3 aliphatic rings. The number of benzene rings is 2. The molecule has 2 N–H and O–H groups in total. The van der Waals surface area contributed by atoms with Crippen LogP contribution in [0.3, 0.4) is 0 Å². The van der Waals surface area contributed by atoms with Gasteiger partial charge in [-0.2, -0.15) is 9.97 Å². The third kappa shape index (κ3) is 5.85. The zero-order valence-corrected chi connectivity index (χ0v) is 24.2. The van der Waals surface area contributed by atoms with Gasteiger partial charge in [-0.05, 0) is 72.6 Å². The molecule has 8 heteroatoms. The minimum absolute atomic E-state index is 0.0649. The summed E-state index contributed by atoms with van der Waals surface area (Å²) < 4.78 is 0. The van der Waals surface area contributed by atoms with Crippen LogP contribution in [-0.2, 0) is 18.5 Å². The summed E-state index contributed by atoms with van der Waals surface area (Å²) in [6, 6.07) is 19.1. The molecular formula is C31H37ClN6S. The van der Waals surface area contributed by atoms with Gasteiger partial charge >= 0.3 is 0 Å². The van der Waals surface area contributed by atoms with Crippen molar-refractivity contribution in [1.82, 2.24) is 15.3 Å². The zero-order chi connectivity index (χ0) is 26.8. The molecule has 204 valence electrons. The van der Waals surface area contributed by atoms with Crippen LogP contribution in [0, 0.1) is 5.92 Å². The van der Waals surface area contributed by atoms with Crippen LogP contribution in [0.15, 0.2) is 54.6 Å². The zero-order valence-electron chi connectivity index (χ0n) is 22.6. The van der Waals surface area contributed by atoms with Gasteiger partial charge in [0, 0.05) is 49.2 Å². The summed E-state index contributed by atoms with van der Waals surface area (Å²) >= 11 is 12.0. The summed E-state index contributed by atoms with van der Waals surface area (Å²) in [6.07, 6.45) is 7.19. The van der Waals surface area contributed by atoms with E-state index in [0.717, 1.165) is 62.2 Å². The summed E-state index contributed by atoms with van der Waals surface area (Å²) in [4.78, 5) is 14.6. The SMILES string of the molecule is C[C@@H]1CCCN(c2cc(N3Cc4ccccc4C3)nc(NC(=S)NCC3(c4ccc(Cl)cc4)CCCC3)n2)C1. The van der Waals surface area contributed by atoms with E-state index < -0.39 is 0 Å². The lowest BCUT2D eigenvalue weighted by molar-refractivity contribution is 0.435. The molecular weight excluding hydrogens is 524 g/mol. The van der Waals surface area contributed by atoms with E-state index in [1.165, 1.54) is 42.4 Å². The van der Waals surface area contributed by atoms with E-state index in [0.29, 0.717) is 17.0 Å². The van der Waals surface area contributed by atoms with Crippen LogP contribution in [0.1, 0.15) is 62.1 Å². The maximum atomic E-state index is 6.18. The minimum Gasteiger partial charge on any atom is -0.361 e. The van der Waals surface area contributed by atoms with Crippen molar-refractivity contribution in [2.75, 3.05) is 34.8 Å². The first-order valence-corrected chi connectivity index (χ1v) is 15.0. The maximum absolute atomic E-state index is 6.18. The van der Waals surface area contributed by atoms with Gasteiger partial charge in [-0.15, -0.1) is 0 Å². The first kappa shape index (κ1) is 26.3. The third-order valence-corrected chi connectivity index (χ3v) is 9.17. The number of thiocarbonyl (C=S) groups is 1. The molecule has 2 aliphatic heterocycles. The number of aromatic nitrogens is 2. The molecule has 1 atom stereocenters. The van der Waals surface area contributed by atoms with Gasteiger partial charge in [0.1, 0.15) is 11.6 Å². The fourth-order valence-electron chi connectivity index (χ4n) is 6.51. The second-order valence-electron chi connectivity index (χ2n) is 11.5. The smallest absolute Gasteiger partial charge is 0.232 e. The molecule has 3 aromatic rings. The normalized spacial score (nSPS) is 20.1. The van der Waals surface area contributed by atoms with E-state index in [2.05, 4.69) is 69.8 Å². The van der Waals surface area contributed by atoms with E-state index in [9.17, 15) is 0 Å². The third-order valence-electron chi connectivity index (χ3n) is 8.67. The van der Waals surface area contributed by atoms with Gasteiger partial charge < -0.3 is 20.4 Å². The van der Waals surface area contributed by atoms with E-state index >= 15 is 0 Å². The number of halogens is 1. The molecule has 0 bridgehead atoms. The fourth-order valence-corrected chi connectivity index (χ4v) is 6.80. The Kier molecular flexibility index (Phi) is 7.63. The average Bonchev–Trinajstić information content (AvgIpc) is 3.60. The van der Waals surface area contributed by atoms with Crippen molar-refractivity contribution >= 4 is 46.5 Å². The first-order chi connectivity index (χ1) is 19.0. The van der Waals surface area contributed by atoms with Crippen LogP contribution in [0.5, 0.6) is 0 Å². The lowest BCUT2D eigenvalue weighted by atomic mass is 9.79. The van der Waals surface area contributed by atoms with Crippen LogP contribution in [0.4, 0.5) is 17.6 Å². The molecule has 3 heterocycles. The van der Waals surface area contributed by atoms with Crippen molar-refractivity contribution < 1.29 is 0 Å². The maximum Gasteiger partial charge on any atom is 0.232 e. The highest BCUT2D eigenvalue weighted by Gasteiger charge is 2.35. The van der Waals surface area contributed by atoms with Gasteiger partial charge in [-0.3, -0.25) is 0 Å². The van der Waals surface area contributed by atoms with E-state index in [-0.39, 0.29) is 5.41 Å². The number of nitrogens with zero attached hydrogens (tertiary/aromatic N) is 4. The molecule has 6 nitrogen and oxygen atoms in total. The Morgan fingerprint density at radius 2 is 1.64 bits per heavy atom. The van der Waals surface area contributed by atoms with Crippen LogP contribution in [0.25, 0.3) is 0 Å². The van der Waals surface area contributed by atoms with Crippen molar-refractivity contribution in [2.45, 2.75) is 64.0 Å². The Morgan fingerprint density at radius 1 is 0.974 bits per heavy atom. The summed E-state index contributed by atoms with van der Waals surface area (Å²) in [5.41, 5.74) is 4.11. The summed E-state index contributed by atoms with van der Waals surface area (Å²) in [6.45, 7) is 6.85. The predicted octanol–water partition coefficient (Wildman–Crippen LogP) is 6.68. The standard InChI is InChI=1S/C31H37ClN6S/c1-22-7-6-16-37(18-22)27-17-28(38-19-23-8-2-3-9-24(23)20-38)35-29(34-27)36-30(39)33-21-31(14-4-5-15-31)25-10-12-26(32)13-11-25/h2-3,8-13,17,22H,4-7,14-16,18-21H2,1H3,(H2,33,34,35,36,39)/t22-/m1/s1. The Morgan fingerprint density at radius 3 is 2.31 bits per heavy atom. The number of anilines is 3. The Labute approximate surface area is 242 Å². The molecule has 1 saturated heterocycles. The number of nitrogens with one attached hydrogen (secondary N) is 2. The number of rotatable bonds is 6. The molecule has 1 saturated carbocycles. The molecule has 0 amide bonds. The van der Waals surface area contributed by atoms with Crippen molar-refractivity contribution in [3.8, 4) is 0 Å². The molecule has 1 aromatic heterocycles. The summed E-state index contributed by atoms with van der Waals surface area (Å²) in [7, 11) is 0. The van der Waals surface area contributed by atoms with E-state index in [4.69, 9.17) is 33.8 Å². The molecule has 1 aliphatic carbocycles. The molecule has 0 unspecified atom stereocenters. The van der Waals surface area contributed by atoms with Crippen molar-refractivity contribution in [3.63, 3.8) is 0 Å². The highest BCUT2D eigenvalue weighted by molar-refractivity contribution is 7.80. The monoisotopic (exact) mass is 560 g/mol. The van der Waals surface area contributed by atoms with Crippen LogP contribution < -0.4 is 20.4 Å².